The van der Waals surface area contributed by atoms with Crippen LogP contribution < -0.4 is 19.9 Å². The first kappa shape index (κ1) is 26.0. The van der Waals surface area contributed by atoms with Crippen LogP contribution in [0.2, 0.25) is 0 Å². The summed E-state index contributed by atoms with van der Waals surface area (Å²) in [4.78, 5) is 25.1. The third-order valence-corrected chi connectivity index (χ3v) is 7.98. The summed E-state index contributed by atoms with van der Waals surface area (Å²) in [6, 6.07) is 6.64. The second-order valence-corrected chi connectivity index (χ2v) is 10.5. The zero-order valence-corrected chi connectivity index (χ0v) is 22.4. The standard InChI is InChI=1S/C28H38N8O3/c37-14-11-34-7-9-36(10-8-34)27-19-26(31-20-32-27)33-21-1-3-23(4-2-21)39-25-18-22(35-12-15-38-16-13-35)17-24-28(25)30-6-5-29-24/h5-6,17-21,23,37H,1-4,7-16H2,(H,31,32,33)/t21-,23+. The van der Waals surface area contributed by atoms with E-state index in [-0.39, 0.29) is 12.7 Å². The molecule has 1 aromatic carbocycles. The fourth-order valence-corrected chi connectivity index (χ4v) is 5.78. The molecular formula is C28H38N8O3. The Labute approximate surface area is 229 Å². The number of fused-ring (bicyclic) bond motifs is 1. The monoisotopic (exact) mass is 534 g/mol. The molecule has 0 radical (unpaired) electrons. The number of benzene rings is 1. The highest BCUT2D eigenvalue weighted by atomic mass is 16.5. The number of aromatic nitrogens is 4. The maximum atomic E-state index is 9.18. The molecule has 3 fully saturated rings. The third-order valence-electron chi connectivity index (χ3n) is 7.98. The van der Waals surface area contributed by atoms with Crippen molar-refractivity contribution in [1.82, 2.24) is 24.8 Å². The zero-order valence-electron chi connectivity index (χ0n) is 22.4. The summed E-state index contributed by atoms with van der Waals surface area (Å²) in [7, 11) is 0. The molecule has 0 amide bonds. The second kappa shape index (κ2) is 12.3. The van der Waals surface area contributed by atoms with E-state index in [1.807, 2.05) is 0 Å². The molecule has 2 saturated heterocycles. The number of nitrogens with zero attached hydrogens (tertiary/aromatic N) is 7. The van der Waals surface area contributed by atoms with E-state index in [1.165, 1.54) is 0 Å². The van der Waals surface area contributed by atoms with Crippen LogP contribution in [0.1, 0.15) is 25.7 Å². The molecule has 6 rings (SSSR count). The minimum Gasteiger partial charge on any atom is -0.488 e. The smallest absolute Gasteiger partial charge is 0.149 e. The van der Waals surface area contributed by atoms with Crippen LogP contribution >= 0.6 is 0 Å². The number of hydrogen-bond donors (Lipinski definition) is 2. The lowest BCUT2D eigenvalue weighted by Crippen LogP contribution is -2.47. The molecular weight excluding hydrogens is 496 g/mol. The number of hydrogen-bond acceptors (Lipinski definition) is 11. The van der Waals surface area contributed by atoms with Gasteiger partial charge in [0.1, 0.15) is 29.2 Å². The van der Waals surface area contributed by atoms with Gasteiger partial charge in [-0.05, 0) is 31.7 Å². The number of anilines is 3. The van der Waals surface area contributed by atoms with Gasteiger partial charge in [0.05, 0.1) is 31.4 Å². The molecule has 4 heterocycles. The molecule has 2 aliphatic heterocycles. The quantitative estimate of drug-likeness (QED) is 0.443. The van der Waals surface area contributed by atoms with Gasteiger partial charge in [-0.25, -0.2) is 15.0 Å². The Morgan fingerprint density at radius 3 is 2.46 bits per heavy atom. The van der Waals surface area contributed by atoms with Crippen molar-refractivity contribution in [2.45, 2.75) is 37.8 Å². The zero-order chi connectivity index (χ0) is 26.4. The van der Waals surface area contributed by atoms with Crippen LogP contribution in [0.5, 0.6) is 5.75 Å². The summed E-state index contributed by atoms with van der Waals surface area (Å²) >= 11 is 0. The third kappa shape index (κ3) is 6.32. The largest absolute Gasteiger partial charge is 0.488 e. The van der Waals surface area contributed by atoms with Crippen LogP contribution in [0.4, 0.5) is 17.3 Å². The van der Waals surface area contributed by atoms with Crippen LogP contribution in [0.15, 0.2) is 36.9 Å². The number of ether oxygens (including phenoxy) is 2. The number of aliphatic hydroxyl groups excluding tert-OH is 1. The van der Waals surface area contributed by atoms with Gasteiger partial charge in [-0.3, -0.25) is 9.88 Å². The number of nitrogens with one attached hydrogen (secondary N) is 1. The van der Waals surface area contributed by atoms with Gasteiger partial charge in [0, 0.05) is 82.1 Å². The molecule has 2 aromatic heterocycles. The molecule has 0 bridgehead atoms. The van der Waals surface area contributed by atoms with Crippen molar-refractivity contribution < 1.29 is 14.6 Å². The highest BCUT2D eigenvalue weighted by Gasteiger charge is 2.25. The first-order chi connectivity index (χ1) is 19.2. The molecule has 0 atom stereocenters. The molecule has 0 unspecified atom stereocenters. The Morgan fingerprint density at radius 1 is 0.872 bits per heavy atom. The van der Waals surface area contributed by atoms with E-state index >= 15 is 0 Å². The average molecular weight is 535 g/mol. The van der Waals surface area contributed by atoms with E-state index in [0.29, 0.717) is 6.04 Å². The molecule has 11 heteroatoms. The van der Waals surface area contributed by atoms with Crippen molar-refractivity contribution in [1.29, 1.82) is 0 Å². The van der Waals surface area contributed by atoms with Gasteiger partial charge in [-0.15, -0.1) is 0 Å². The Bertz CT molecular complexity index is 1220. The Kier molecular flexibility index (Phi) is 8.17. The maximum Gasteiger partial charge on any atom is 0.149 e. The number of rotatable bonds is 8. The van der Waals surface area contributed by atoms with Gasteiger partial charge in [-0.2, -0.15) is 0 Å². The molecule has 3 aromatic rings. The van der Waals surface area contributed by atoms with E-state index in [4.69, 9.17) is 9.47 Å². The molecule has 1 saturated carbocycles. The predicted molar refractivity (Wildman–Crippen MR) is 151 cm³/mol. The fourth-order valence-electron chi connectivity index (χ4n) is 5.78. The van der Waals surface area contributed by atoms with Crippen LogP contribution in [-0.2, 0) is 4.74 Å². The van der Waals surface area contributed by atoms with Crippen molar-refractivity contribution in [3.05, 3.63) is 36.9 Å². The Hall–Kier alpha value is -3.28. The summed E-state index contributed by atoms with van der Waals surface area (Å²) in [5, 5.41) is 12.8. The molecule has 1 aliphatic carbocycles. The summed E-state index contributed by atoms with van der Waals surface area (Å²) < 4.78 is 12.1. The van der Waals surface area contributed by atoms with Crippen LogP contribution in [-0.4, -0.2) is 108 Å². The summed E-state index contributed by atoms with van der Waals surface area (Å²) in [6.45, 7) is 7.84. The molecule has 3 aliphatic rings. The maximum absolute atomic E-state index is 9.18. The number of β-amino-alcohol motifs (C(OH)–C–C–N with tert-alkyl or cyclic N) is 1. The molecule has 208 valence electrons. The number of piperazine rings is 1. The molecule has 39 heavy (non-hydrogen) atoms. The number of morpholine rings is 1. The second-order valence-electron chi connectivity index (χ2n) is 10.5. The van der Waals surface area contributed by atoms with Crippen molar-refractivity contribution in [2.75, 3.05) is 80.8 Å². The lowest BCUT2D eigenvalue weighted by atomic mass is 9.93. The Morgan fingerprint density at radius 2 is 1.67 bits per heavy atom. The van der Waals surface area contributed by atoms with Crippen molar-refractivity contribution >= 4 is 28.4 Å². The lowest BCUT2D eigenvalue weighted by Gasteiger charge is -2.35. The number of aliphatic hydroxyl groups is 1. The molecule has 11 nitrogen and oxygen atoms in total. The van der Waals surface area contributed by atoms with Gasteiger partial charge in [0.2, 0.25) is 0 Å². The Balaban J connectivity index is 1.06. The SMILES string of the molecule is OCCN1CCN(c2cc(N[C@H]3CC[C@@H](Oc4cc(N5CCOCC5)cc5nccnc45)CC3)ncn2)CC1. The normalized spacial score (nSPS) is 22.7. The molecule has 2 N–H and O–H groups in total. The van der Waals surface area contributed by atoms with Gasteiger partial charge < -0.3 is 29.7 Å². The van der Waals surface area contributed by atoms with E-state index in [1.54, 1.807) is 18.7 Å². The van der Waals surface area contributed by atoms with Gasteiger partial charge in [-0.1, -0.05) is 0 Å². The van der Waals surface area contributed by atoms with E-state index < -0.39 is 0 Å². The predicted octanol–water partition coefficient (Wildman–Crippen LogP) is 2.17. The van der Waals surface area contributed by atoms with E-state index in [9.17, 15) is 5.11 Å². The van der Waals surface area contributed by atoms with Gasteiger partial charge in [0.15, 0.2) is 0 Å². The average Bonchev–Trinajstić information content (AvgIpc) is 2.99. The van der Waals surface area contributed by atoms with Crippen molar-refractivity contribution in [2.24, 2.45) is 0 Å². The highest BCUT2D eigenvalue weighted by molar-refractivity contribution is 5.85. The van der Waals surface area contributed by atoms with Crippen LogP contribution in [0.25, 0.3) is 11.0 Å². The fraction of sp³-hybridized carbons (Fsp3) is 0.571. The van der Waals surface area contributed by atoms with Crippen LogP contribution in [0.3, 0.4) is 0 Å². The van der Waals surface area contributed by atoms with Crippen molar-refractivity contribution in [3.8, 4) is 5.75 Å². The van der Waals surface area contributed by atoms with Gasteiger partial charge in [0.25, 0.3) is 0 Å². The summed E-state index contributed by atoms with van der Waals surface area (Å²) in [6.07, 6.45) is 9.21. The van der Waals surface area contributed by atoms with Crippen LogP contribution in [0, 0.1) is 0 Å². The van der Waals surface area contributed by atoms with Gasteiger partial charge >= 0.3 is 0 Å². The minimum absolute atomic E-state index is 0.143. The van der Waals surface area contributed by atoms with E-state index in [2.05, 4.69) is 58.2 Å². The highest BCUT2D eigenvalue weighted by Crippen LogP contribution is 2.33. The minimum atomic E-state index is 0.143. The summed E-state index contributed by atoms with van der Waals surface area (Å²) in [5.41, 5.74) is 2.80. The topological polar surface area (TPSA) is 112 Å². The summed E-state index contributed by atoms with van der Waals surface area (Å²) in [5.74, 6) is 2.65. The lowest BCUT2D eigenvalue weighted by molar-refractivity contribution is 0.122. The van der Waals surface area contributed by atoms with E-state index in [0.717, 1.165) is 119 Å². The van der Waals surface area contributed by atoms with Crippen molar-refractivity contribution in [3.63, 3.8) is 0 Å². The first-order valence-corrected chi connectivity index (χ1v) is 14.2. The first-order valence-electron chi connectivity index (χ1n) is 14.2. The molecule has 0 spiro atoms.